The number of hydrogen-bond acceptors (Lipinski definition) is 7. The Morgan fingerprint density at radius 3 is 2.14 bits per heavy atom. The Kier molecular flexibility index (Phi) is 22.1. The third-order valence-corrected chi connectivity index (χ3v) is 7.40. The second-order valence-corrected chi connectivity index (χ2v) is 10.9. The van der Waals surface area contributed by atoms with E-state index in [2.05, 4.69) is 12.2 Å². The van der Waals surface area contributed by atoms with E-state index in [9.17, 15) is 14.4 Å². The van der Waals surface area contributed by atoms with Crippen LogP contribution in [0.5, 0.6) is 0 Å². The Morgan fingerprint density at radius 2 is 1.53 bits per heavy atom. The van der Waals surface area contributed by atoms with Crippen LogP contribution in [0, 0.1) is 0 Å². The van der Waals surface area contributed by atoms with Gasteiger partial charge in [0, 0.05) is 25.6 Å². The van der Waals surface area contributed by atoms with Gasteiger partial charge in [-0.05, 0) is 13.3 Å². The van der Waals surface area contributed by atoms with Crippen molar-refractivity contribution in [1.82, 2.24) is 10.2 Å². The molecular formula is C32H54IN3O7. The molecule has 1 aromatic rings. The van der Waals surface area contributed by atoms with Crippen molar-refractivity contribution in [2.75, 3.05) is 26.4 Å². The summed E-state index contributed by atoms with van der Waals surface area (Å²) in [5.74, 6) is -0.411. The molecule has 2 unspecified atom stereocenters. The van der Waals surface area contributed by atoms with Gasteiger partial charge in [-0.25, -0.2) is 19.1 Å². The van der Waals surface area contributed by atoms with E-state index in [0.29, 0.717) is 13.1 Å². The fourth-order valence-corrected chi connectivity index (χ4v) is 4.88. The van der Waals surface area contributed by atoms with Gasteiger partial charge in [-0.15, -0.1) is 0 Å². The number of alkyl carbamates (subject to hydrolysis) is 1. The molecular weight excluding hydrogens is 665 g/mol. The lowest BCUT2D eigenvalue weighted by Gasteiger charge is -2.19. The number of nitrogens with one attached hydrogen (secondary N) is 1. The second kappa shape index (κ2) is 24.3. The van der Waals surface area contributed by atoms with Crippen LogP contribution in [0.1, 0.15) is 110 Å². The Bertz CT molecular complexity index is 921. The van der Waals surface area contributed by atoms with Gasteiger partial charge in [-0.3, -0.25) is 4.79 Å². The summed E-state index contributed by atoms with van der Waals surface area (Å²) in [6.07, 6.45) is 16.1. The van der Waals surface area contributed by atoms with E-state index in [0.717, 1.165) is 23.4 Å². The average Bonchev–Trinajstić information content (AvgIpc) is 3.45. The fraction of sp³-hybridized carbons (Fsp3) is 0.750. The van der Waals surface area contributed by atoms with Crippen LogP contribution >= 0.6 is 0 Å². The molecule has 2 heterocycles. The van der Waals surface area contributed by atoms with Gasteiger partial charge in [-0.1, -0.05) is 90.0 Å². The maximum atomic E-state index is 12.6. The first-order valence-electron chi connectivity index (χ1n) is 16.0. The van der Waals surface area contributed by atoms with Crippen LogP contribution in [-0.2, 0) is 36.8 Å². The van der Waals surface area contributed by atoms with E-state index < -0.39 is 30.5 Å². The van der Waals surface area contributed by atoms with E-state index in [4.69, 9.17) is 18.9 Å². The van der Waals surface area contributed by atoms with Crippen molar-refractivity contribution >= 4 is 18.1 Å². The highest BCUT2D eigenvalue weighted by molar-refractivity contribution is 5.90. The molecule has 0 aromatic carbocycles. The van der Waals surface area contributed by atoms with Crippen LogP contribution in [-0.4, -0.2) is 61.8 Å². The smallest absolute Gasteiger partial charge is 0.417 e. The predicted molar refractivity (Wildman–Crippen MR) is 160 cm³/mol. The van der Waals surface area contributed by atoms with Gasteiger partial charge in [0.05, 0.1) is 6.61 Å². The summed E-state index contributed by atoms with van der Waals surface area (Å²) in [4.78, 5) is 37.8. The molecule has 0 radical (unpaired) electrons. The average molecular weight is 720 g/mol. The number of amides is 3. The number of ether oxygens (including phenoxy) is 4. The third-order valence-electron chi connectivity index (χ3n) is 7.40. The van der Waals surface area contributed by atoms with Crippen LogP contribution in [0.3, 0.4) is 0 Å². The lowest BCUT2D eigenvalue weighted by molar-refractivity contribution is -0.701. The molecule has 1 N–H and O–H groups in total. The summed E-state index contributed by atoms with van der Waals surface area (Å²) in [5.41, 5.74) is 0.817. The number of aromatic nitrogens is 1. The first kappa shape index (κ1) is 39.0. The van der Waals surface area contributed by atoms with Crippen LogP contribution in [0.4, 0.5) is 9.59 Å². The van der Waals surface area contributed by atoms with E-state index in [-0.39, 0.29) is 50.3 Å². The molecule has 1 fully saturated rings. The van der Waals surface area contributed by atoms with Crippen molar-refractivity contribution in [3.63, 3.8) is 0 Å². The summed E-state index contributed by atoms with van der Waals surface area (Å²) in [6.45, 7) is 7.03. The number of nitrogens with zero attached hydrogens (tertiary/aromatic N) is 2. The highest BCUT2D eigenvalue weighted by Gasteiger charge is 2.30. The quantitative estimate of drug-likeness (QED) is 0.118. The first-order valence-corrected chi connectivity index (χ1v) is 16.0. The monoisotopic (exact) mass is 719 g/mol. The van der Waals surface area contributed by atoms with Crippen molar-refractivity contribution in [2.45, 2.75) is 130 Å². The molecule has 1 aliphatic rings. The molecule has 1 aromatic heterocycles. The zero-order valence-corrected chi connectivity index (χ0v) is 28.7. The molecule has 2 atom stereocenters. The number of rotatable bonds is 21. The zero-order chi connectivity index (χ0) is 30.4. The van der Waals surface area contributed by atoms with Crippen molar-refractivity contribution in [1.29, 1.82) is 0 Å². The number of hydrogen-bond donors (Lipinski definition) is 1. The summed E-state index contributed by atoms with van der Waals surface area (Å²) < 4.78 is 23.7. The van der Waals surface area contributed by atoms with Crippen molar-refractivity contribution in [3.05, 3.63) is 30.1 Å². The molecule has 246 valence electrons. The van der Waals surface area contributed by atoms with Crippen molar-refractivity contribution in [2.24, 2.45) is 0 Å². The van der Waals surface area contributed by atoms with E-state index in [1.54, 1.807) is 0 Å². The van der Waals surface area contributed by atoms with Crippen molar-refractivity contribution in [3.8, 4) is 0 Å². The molecule has 43 heavy (non-hydrogen) atoms. The summed E-state index contributed by atoms with van der Waals surface area (Å²) in [5, 5.41) is 2.77. The zero-order valence-electron chi connectivity index (χ0n) is 26.5. The van der Waals surface area contributed by atoms with Crippen LogP contribution in [0.15, 0.2) is 24.4 Å². The summed E-state index contributed by atoms with van der Waals surface area (Å²) in [7, 11) is 0. The molecule has 10 nitrogen and oxygen atoms in total. The topological polar surface area (TPSA) is 107 Å². The number of unbranched alkanes of at least 4 members (excludes halogenated alkanes) is 12. The van der Waals surface area contributed by atoms with Gasteiger partial charge in [-0.2, -0.15) is 0 Å². The van der Waals surface area contributed by atoms with Gasteiger partial charge < -0.3 is 48.2 Å². The van der Waals surface area contributed by atoms with Gasteiger partial charge in [0.1, 0.15) is 32.4 Å². The number of aryl methyl sites for hydroxylation is 1. The van der Waals surface area contributed by atoms with E-state index in [1.165, 1.54) is 77.6 Å². The number of carbonyl (C=O) groups is 3. The second-order valence-electron chi connectivity index (χ2n) is 10.9. The Hall–Kier alpha value is -1.99. The Morgan fingerprint density at radius 1 is 0.907 bits per heavy atom. The lowest BCUT2D eigenvalue weighted by Crippen LogP contribution is -3.00. The molecule has 3 amide bonds. The molecule has 2 rings (SSSR count). The molecule has 1 saturated heterocycles. The molecule has 0 bridgehead atoms. The van der Waals surface area contributed by atoms with Crippen LogP contribution in [0.2, 0.25) is 0 Å². The highest BCUT2D eigenvalue weighted by Crippen LogP contribution is 2.14. The van der Waals surface area contributed by atoms with Crippen LogP contribution in [0.25, 0.3) is 0 Å². The molecule has 1 aliphatic heterocycles. The Labute approximate surface area is 275 Å². The van der Waals surface area contributed by atoms with Gasteiger partial charge in [0.2, 0.25) is 11.6 Å². The summed E-state index contributed by atoms with van der Waals surface area (Å²) in [6, 6.07) is 5.61. The highest BCUT2D eigenvalue weighted by atomic mass is 127. The van der Waals surface area contributed by atoms with Gasteiger partial charge in [0.25, 0.3) is 0 Å². The molecule has 0 saturated carbocycles. The van der Waals surface area contributed by atoms with Gasteiger partial charge >= 0.3 is 12.2 Å². The standard InChI is InChI=1S/C32H53N3O7.HI/c1-4-6-7-8-9-10-11-12-13-14-15-16-18-21-33-31(37)40-26-30-39-24-29(42-30)25-41-32(38)35(27(3)36)23-28-20-17-19-22-34(28)5-2;/h17,19-20,22,29-30H,4-16,18,21,23-26H2,1-3H3;1H. The number of halogens is 1. The number of carbonyl (C=O) groups excluding carboxylic acids is 3. The summed E-state index contributed by atoms with van der Waals surface area (Å²) >= 11 is 0. The fourth-order valence-electron chi connectivity index (χ4n) is 4.88. The van der Waals surface area contributed by atoms with E-state index >= 15 is 0 Å². The SMILES string of the molecule is CCCCCCCCCCCCCCCNC(=O)OCC1OCC(COC(=O)N(Cc2cccc[n+]2CC)C(C)=O)O1.[I-]. The number of imide groups is 1. The molecule has 0 aliphatic carbocycles. The third kappa shape index (κ3) is 17.2. The van der Waals surface area contributed by atoms with Gasteiger partial charge in [0.15, 0.2) is 12.5 Å². The normalized spacial score (nSPS) is 15.9. The minimum absolute atomic E-state index is 0. The minimum Gasteiger partial charge on any atom is -1.00 e. The Balaban J connectivity index is 0.00000924. The molecule has 11 heteroatoms. The van der Waals surface area contributed by atoms with Crippen molar-refractivity contribution < 1.29 is 61.9 Å². The van der Waals surface area contributed by atoms with E-state index in [1.807, 2.05) is 35.9 Å². The maximum Gasteiger partial charge on any atom is 0.417 e. The lowest BCUT2D eigenvalue weighted by atomic mass is 10.0. The maximum absolute atomic E-state index is 12.6. The molecule has 0 spiro atoms. The van der Waals surface area contributed by atoms with Crippen LogP contribution < -0.4 is 33.9 Å². The minimum atomic E-state index is -0.746. The first-order chi connectivity index (χ1) is 20.4. The largest absolute Gasteiger partial charge is 1.00 e. The number of pyridine rings is 1. The predicted octanol–water partition coefficient (Wildman–Crippen LogP) is 3.04.